The Morgan fingerprint density at radius 2 is 1.86 bits per heavy atom. The Labute approximate surface area is 228 Å². The topological polar surface area (TPSA) is 73.9 Å². The molecule has 3 atom stereocenters. The summed E-state index contributed by atoms with van der Waals surface area (Å²) in [5, 5.41) is 7.58. The Morgan fingerprint density at radius 3 is 2.62 bits per heavy atom. The molecule has 0 aromatic heterocycles. The largest absolute Gasteiger partial charge is 0.379 e. The molecule has 2 aromatic carbocycles. The lowest BCUT2D eigenvalue weighted by Gasteiger charge is -2.46. The number of benzene rings is 2. The molecule has 1 saturated carbocycles. The number of hydrogen-bond acceptors (Lipinski definition) is 5. The molecule has 1 aliphatic carbocycles. The second kappa shape index (κ2) is 11.9. The van der Waals surface area contributed by atoms with Gasteiger partial charge in [-0.2, -0.15) is 0 Å². The van der Waals surface area contributed by atoms with Crippen molar-refractivity contribution in [3.05, 3.63) is 70.2 Å². The highest BCUT2D eigenvalue weighted by Gasteiger charge is 2.44. The first-order valence-electron chi connectivity index (χ1n) is 13.0. The third kappa shape index (κ3) is 6.14. The van der Waals surface area contributed by atoms with Crippen molar-refractivity contribution in [3.63, 3.8) is 0 Å². The molecule has 3 unspecified atom stereocenters. The van der Waals surface area contributed by atoms with E-state index >= 15 is 0 Å². The maximum absolute atomic E-state index is 13.5. The van der Waals surface area contributed by atoms with Gasteiger partial charge < -0.3 is 15.4 Å². The number of fused-ring (bicyclic) bond motifs is 1. The van der Waals surface area contributed by atoms with Gasteiger partial charge in [0.2, 0.25) is 5.91 Å². The Hall–Kier alpha value is -2.52. The second-order valence-electron chi connectivity index (χ2n) is 10.00. The Bertz CT molecular complexity index is 1140. The average molecular weight is 541 g/mol. The molecule has 2 aromatic rings. The first-order valence-corrected chi connectivity index (χ1v) is 13.8. The van der Waals surface area contributed by atoms with E-state index in [0.29, 0.717) is 41.3 Å². The molecule has 3 aliphatic rings. The summed E-state index contributed by atoms with van der Waals surface area (Å²) in [6.07, 6.45) is 3.54. The van der Waals surface area contributed by atoms with Crippen molar-refractivity contribution in [1.29, 1.82) is 0 Å². The fourth-order valence-corrected chi connectivity index (χ4v) is 6.15. The molecule has 196 valence electrons. The average Bonchev–Trinajstić information content (AvgIpc) is 2.93. The van der Waals surface area contributed by atoms with Gasteiger partial charge in [0.15, 0.2) is 5.11 Å². The summed E-state index contributed by atoms with van der Waals surface area (Å²) < 4.78 is 5.50. The zero-order chi connectivity index (χ0) is 25.8. The van der Waals surface area contributed by atoms with Crippen molar-refractivity contribution in [2.24, 2.45) is 5.92 Å². The van der Waals surface area contributed by atoms with Crippen LogP contribution < -0.4 is 10.6 Å². The number of ether oxygens (including phenoxy) is 1. The zero-order valence-corrected chi connectivity index (χ0v) is 22.4. The predicted molar refractivity (Wildman–Crippen MR) is 148 cm³/mol. The van der Waals surface area contributed by atoms with Gasteiger partial charge in [0.25, 0.3) is 5.91 Å². The lowest BCUT2D eigenvalue weighted by Crippen LogP contribution is -2.62. The SMILES string of the molecule is O=C(NCCc1ccccc1Cl)c1ccc(CN2C(=O)C3CC(N4CCOCC4)CCC3NC2=S)cc1. The maximum Gasteiger partial charge on any atom is 0.251 e. The highest BCUT2D eigenvalue weighted by atomic mass is 35.5. The fraction of sp³-hybridized carbons (Fsp3) is 0.464. The summed E-state index contributed by atoms with van der Waals surface area (Å²) in [6, 6.07) is 15.5. The molecule has 2 saturated heterocycles. The van der Waals surface area contributed by atoms with Crippen molar-refractivity contribution in [2.75, 3.05) is 32.8 Å². The Kier molecular flexibility index (Phi) is 8.39. The molecular weight excluding hydrogens is 508 g/mol. The monoisotopic (exact) mass is 540 g/mol. The summed E-state index contributed by atoms with van der Waals surface area (Å²) in [5.41, 5.74) is 2.52. The standard InChI is InChI=1S/C28H33ClN4O3S/c29-24-4-2-1-3-20(24)11-12-30-26(34)21-7-5-19(6-8-21)18-33-27(35)23-17-22(32-13-15-36-16-14-32)9-10-25(23)31-28(33)37/h1-8,22-23,25H,9-18H2,(H,30,34)(H,31,37). The second-order valence-corrected chi connectivity index (χ2v) is 10.8. The zero-order valence-electron chi connectivity index (χ0n) is 20.8. The van der Waals surface area contributed by atoms with Crippen LogP contribution in [0.4, 0.5) is 0 Å². The summed E-state index contributed by atoms with van der Waals surface area (Å²) in [7, 11) is 0. The van der Waals surface area contributed by atoms with E-state index in [2.05, 4.69) is 15.5 Å². The lowest BCUT2D eigenvalue weighted by molar-refractivity contribution is -0.136. The summed E-state index contributed by atoms with van der Waals surface area (Å²) in [4.78, 5) is 30.3. The van der Waals surface area contributed by atoms with Crippen LogP contribution in [0.5, 0.6) is 0 Å². The number of amides is 2. The van der Waals surface area contributed by atoms with Crippen molar-refractivity contribution in [2.45, 2.75) is 44.3 Å². The molecular formula is C28H33ClN4O3S. The van der Waals surface area contributed by atoms with Gasteiger partial charge in [-0.1, -0.05) is 41.9 Å². The number of nitrogens with one attached hydrogen (secondary N) is 2. The van der Waals surface area contributed by atoms with Crippen LogP contribution in [0, 0.1) is 5.92 Å². The fourth-order valence-electron chi connectivity index (χ4n) is 5.61. The molecule has 9 heteroatoms. The minimum atomic E-state index is -0.135. The molecule has 5 rings (SSSR count). The minimum Gasteiger partial charge on any atom is -0.379 e. The molecule has 2 amide bonds. The van der Waals surface area contributed by atoms with E-state index in [9.17, 15) is 9.59 Å². The highest BCUT2D eigenvalue weighted by molar-refractivity contribution is 7.80. The lowest BCUT2D eigenvalue weighted by atomic mass is 9.79. The van der Waals surface area contributed by atoms with E-state index < -0.39 is 0 Å². The molecule has 0 spiro atoms. The first kappa shape index (κ1) is 26.1. The van der Waals surface area contributed by atoms with Crippen LogP contribution in [0.2, 0.25) is 5.02 Å². The molecule has 2 aliphatic heterocycles. The number of rotatable bonds is 7. The molecule has 37 heavy (non-hydrogen) atoms. The number of morpholine rings is 1. The Morgan fingerprint density at radius 1 is 1.11 bits per heavy atom. The predicted octanol–water partition coefficient (Wildman–Crippen LogP) is 3.40. The number of thiocarbonyl (C=S) groups is 1. The van der Waals surface area contributed by atoms with Crippen molar-refractivity contribution in [1.82, 2.24) is 20.4 Å². The van der Waals surface area contributed by atoms with Crippen LogP contribution >= 0.6 is 23.8 Å². The molecule has 7 nitrogen and oxygen atoms in total. The van der Waals surface area contributed by atoms with Gasteiger partial charge >= 0.3 is 0 Å². The van der Waals surface area contributed by atoms with E-state index in [-0.39, 0.29) is 23.8 Å². The van der Waals surface area contributed by atoms with Gasteiger partial charge in [-0.25, -0.2) is 0 Å². The summed E-state index contributed by atoms with van der Waals surface area (Å²) in [6.45, 7) is 4.30. The molecule has 2 heterocycles. The van der Waals surface area contributed by atoms with Crippen molar-refractivity contribution < 1.29 is 14.3 Å². The number of carbonyl (C=O) groups is 2. The van der Waals surface area contributed by atoms with Gasteiger partial charge in [-0.3, -0.25) is 19.4 Å². The first-order chi connectivity index (χ1) is 18.0. The van der Waals surface area contributed by atoms with Gasteiger partial charge in [0, 0.05) is 42.3 Å². The van der Waals surface area contributed by atoms with Crippen LogP contribution in [-0.2, 0) is 22.5 Å². The third-order valence-electron chi connectivity index (χ3n) is 7.72. The quantitative estimate of drug-likeness (QED) is 0.524. The van der Waals surface area contributed by atoms with Gasteiger partial charge in [0.05, 0.1) is 25.7 Å². The third-order valence-corrected chi connectivity index (χ3v) is 8.42. The number of carbonyl (C=O) groups excluding carboxylic acids is 2. The molecule has 3 fully saturated rings. The smallest absolute Gasteiger partial charge is 0.251 e. The highest BCUT2D eigenvalue weighted by Crippen LogP contribution is 2.33. The summed E-state index contributed by atoms with van der Waals surface area (Å²) >= 11 is 11.8. The van der Waals surface area contributed by atoms with E-state index in [4.69, 9.17) is 28.6 Å². The van der Waals surface area contributed by atoms with Crippen LogP contribution in [-0.4, -0.2) is 71.7 Å². The van der Waals surface area contributed by atoms with E-state index in [1.165, 1.54) is 0 Å². The van der Waals surface area contributed by atoms with E-state index in [0.717, 1.165) is 56.7 Å². The number of nitrogens with zero attached hydrogens (tertiary/aromatic N) is 2. The number of hydrogen-bond donors (Lipinski definition) is 2. The van der Waals surface area contributed by atoms with Crippen molar-refractivity contribution in [3.8, 4) is 0 Å². The minimum absolute atomic E-state index is 0.0727. The van der Waals surface area contributed by atoms with Gasteiger partial charge in [0.1, 0.15) is 0 Å². The van der Waals surface area contributed by atoms with E-state index in [1.54, 1.807) is 17.0 Å². The van der Waals surface area contributed by atoms with Crippen LogP contribution in [0.15, 0.2) is 48.5 Å². The normalized spacial score (nSPS) is 24.4. The van der Waals surface area contributed by atoms with Crippen LogP contribution in [0.3, 0.4) is 0 Å². The number of halogens is 1. The maximum atomic E-state index is 13.5. The van der Waals surface area contributed by atoms with Crippen LogP contribution in [0.25, 0.3) is 0 Å². The van der Waals surface area contributed by atoms with Gasteiger partial charge in [-0.05, 0) is 67.2 Å². The van der Waals surface area contributed by atoms with Crippen molar-refractivity contribution >= 4 is 40.7 Å². The Balaban J connectivity index is 1.16. The molecule has 2 N–H and O–H groups in total. The van der Waals surface area contributed by atoms with E-state index in [1.807, 2.05) is 36.4 Å². The molecule has 0 radical (unpaired) electrons. The molecule has 0 bridgehead atoms. The summed E-state index contributed by atoms with van der Waals surface area (Å²) in [5.74, 6) is -0.103. The van der Waals surface area contributed by atoms with Gasteiger partial charge in [-0.15, -0.1) is 0 Å². The van der Waals surface area contributed by atoms with Crippen LogP contribution in [0.1, 0.15) is 40.7 Å².